The molecular formula is C40H39N5O7S. The lowest BCUT2D eigenvalue weighted by molar-refractivity contribution is -0.268. The van der Waals surface area contributed by atoms with Crippen molar-refractivity contribution in [3.63, 3.8) is 0 Å². The van der Waals surface area contributed by atoms with Crippen molar-refractivity contribution in [3.05, 3.63) is 137 Å². The predicted molar refractivity (Wildman–Crippen MR) is 196 cm³/mol. The fourth-order valence-electron chi connectivity index (χ4n) is 6.53. The van der Waals surface area contributed by atoms with E-state index in [0.29, 0.717) is 10.9 Å². The van der Waals surface area contributed by atoms with E-state index in [4.69, 9.17) is 14.2 Å². The number of likely N-dealkylation sites (tertiary alicyclic amines) is 1. The van der Waals surface area contributed by atoms with E-state index in [2.05, 4.69) is 27.4 Å². The summed E-state index contributed by atoms with van der Waals surface area (Å²) >= 11 is 1.53. The standard InChI is InChI=1S/C40H39N5O7S/c1-25-34(23-53-39-41-24-42-44-39)51-38(52-36(25)29-13-11-26(21-46)12-14-29)30-17-15-28(16-18-30)32-10-6-5-9-31(32)20-45-35(47)19-33(37(45)48)43-40(49)50-22-27-7-3-2-4-8-27/h2-18,24-25,33-34,36,38,46H,19-23H2,1H3,(H,43,49)(H,41,42,44). The Morgan fingerprint density at radius 3 is 2.42 bits per heavy atom. The highest BCUT2D eigenvalue weighted by atomic mass is 32.2. The van der Waals surface area contributed by atoms with Gasteiger partial charge in [0.2, 0.25) is 5.91 Å². The van der Waals surface area contributed by atoms with Crippen LogP contribution in [-0.4, -0.2) is 61.0 Å². The highest BCUT2D eigenvalue weighted by molar-refractivity contribution is 7.99. The van der Waals surface area contributed by atoms with Crippen molar-refractivity contribution >= 4 is 29.7 Å². The lowest BCUT2D eigenvalue weighted by atomic mass is 9.91. The third kappa shape index (κ3) is 8.50. The van der Waals surface area contributed by atoms with Crippen molar-refractivity contribution in [2.24, 2.45) is 5.92 Å². The average Bonchev–Trinajstić information content (AvgIpc) is 3.81. The number of carbonyl (C=O) groups is 3. The number of amides is 3. The molecule has 2 aliphatic heterocycles. The molecule has 2 saturated heterocycles. The fourth-order valence-corrected chi connectivity index (χ4v) is 7.48. The number of nitrogens with zero attached hydrogens (tertiary/aromatic N) is 3. The van der Waals surface area contributed by atoms with Gasteiger partial charge in [0, 0.05) is 17.2 Å². The Balaban J connectivity index is 1.04. The molecule has 13 heteroatoms. The quantitative estimate of drug-likeness (QED) is 0.101. The first kappa shape index (κ1) is 36.0. The van der Waals surface area contributed by atoms with E-state index < -0.39 is 24.3 Å². The van der Waals surface area contributed by atoms with Crippen LogP contribution in [0.4, 0.5) is 4.79 Å². The summed E-state index contributed by atoms with van der Waals surface area (Å²) in [7, 11) is 0. The molecule has 2 aliphatic rings. The van der Waals surface area contributed by atoms with Crippen LogP contribution >= 0.6 is 11.8 Å². The first-order valence-corrected chi connectivity index (χ1v) is 18.3. The van der Waals surface area contributed by atoms with Gasteiger partial charge in [-0.15, -0.1) is 0 Å². The molecule has 0 radical (unpaired) electrons. The third-order valence-corrected chi connectivity index (χ3v) is 10.5. The van der Waals surface area contributed by atoms with Crippen LogP contribution in [0.15, 0.2) is 115 Å². The van der Waals surface area contributed by atoms with Gasteiger partial charge in [-0.05, 0) is 33.4 Å². The number of rotatable bonds is 12. The summed E-state index contributed by atoms with van der Waals surface area (Å²) < 4.78 is 18.5. The second-order valence-corrected chi connectivity index (χ2v) is 14.0. The zero-order chi connectivity index (χ0) is 36.7. The summed E-state index contributed by atoms with van der Waals surface area (Å²) in [5.41, 5.74) is 6.00. The number of aliphatic hydroxyl groups is 1. The molecule has 7 rings (SSSR count). The van der Waals surface area contributed by atoms with Gasteiger partial charge >= 0.3 is 6.09 Å². The van der Waals surface area contributed by atoms with E-state index in [9.17, 15) is 19.5 Å². The van der Waals surface area contributed by atoms with E-state index in [1.807, 2.05) is 103 Å². The summed E-state index contributed by atoms with van der Waals surface area (Å²) in [6, 6.07) is 31.5. The smallest absolute Gasteiger partial charge is 0.408 e. The first-order chi connectivity index (χ1) is 25.9. The first-order valence-electron chi connectivity index (χ1n) is 17.3. The number of aromatic amines is 1. The Labute approximate surface area is 310 Å². The van der Waals surface area contributed by atoms with Gasteiger partial charge in [0.05, 0.1) is 31.8 Å². The lowest BCUT2D eigenvalue weighted by Gasteiger charge is -2.41. The molecule has 5 atom stereocenters. The van der Waals surface area contributed by atoms with Crippen molar-refractivity contribution in [2.45, 2.75) is 62.8 Å². The Morgan fingerprint density at radius 1 is 0.943 bits per heavy atom. The van der Waals surface area contributed by atoms with Crippen LogP contribution in [0.1, 0.15) is 53.6 Å². The fraction of sp³-hybridized carbons (Fsp3) is 0.275. The number of benzene rings is 4. The van der Waals surface area contributed by atoms with Gasteiger partial charge in [-0.25, -0.2) is 9.78 Å². The Hall–Kier alpha value is -5.34. The predicted octanol–water partition coefficient (Wildman–Crippen LogP) is 6.10. The molecule has 5 aromatic rings. The Kier molecular flexibility index (Phi) is 11.3. The summed E-state index contributed by atoms with van der Waals surface area (Å²) in [5.74, 6) is -0.204. The van der Waals surface area contributed by atoms with Crippen molar-refractivity contribution in [1.82, 2.24) is 25.4 Å². The van der Waals surface area contributed by atoms with Crippen LogP contribution in [0.25, 0.3) is 11.1 Å². The molecule has 2 fully saturated rings. The van der Waals surface area contributed by atoms with Gasteiger partial charge in [0.15, 0.2) is 11.4 Å². The largest absolute Gasteiger partial charge is 0.445 e. The Bertz CT molecular complexity index is 2010. The van der Waals surface area contributed by atoms with E-state index in [-0.39, 0.29) is 50.2 Å². The summed E-state index contributed by atoms with van der Waals surface area (Å²) in [6.45, 7) is 2.19. The summed E-state index contributed by atoms with van der Waals surface area (Å²) in [4.78, 5) is 44.2. The van der Waals surface area contributed by atoms with Crippen LogP contribution in [-0.2, 0) is 43.6 Å². The molecule has 4 aromatic carbocycles. The van der Waals surface area contributed by atoms with Crippen molar-refractivity contribution < 1.29 is 33.7 Å². The lowest BCUT2D eigenvalue weighted by Crippen LogP contribution is -2.41. The maximum Gasteiger partial charge on any atom is 0.408 e. The molecule has 3 heterocycles. The monoisotopic (exact) mass is 733 g/mol. The Morgan fingerprint density at radius 2 is 1.68 bits per heavy atom. The number of imide groups is 1. The molecule has 272 valence electrons. The number of hydrogen-bond donors (Lipinski definition) is 3. The third-order valence-electron chi connectivity index (χ3n) is 9.49. The van der Waals surface area contributed by atoms with E-state index in [1.54, 1.807) is 0 Å². The van der Waals surface area contributed by atoms with Crippen LogP contribution in [0, 0.1) is 5.92 Å². The van der Waals surface area contributed by atoms with Crippen LogP contribution in [0.3, 0.4) is 0 Å². The number of aliphatic hydroxyl groups excluding tert-OH is 1. The summed E-state index contributed by atoms with van der Waals surface area (Å²) in [5, 5.41) is 19.7. The number of carbonyl (C=O) groups excluding carboxylic acids is 3. The highest BCUT2D eigenvalue weighted by Gasteiger charge is 2.40. The molecule has 12 nitrogen and oxygen atoms in total. The van der Waals surface area contributed by atoms with E-state index in [1.165, 1.54) is 23.0 Å². The molecule has 5 unspecified atom stereocenters. The van der Waals surface area contributed by atoms with Gasteiger partial charge < -0.3 is 24.6 Å². The number of ether oxygens (including phenoxy) is 3. The number of nitrogens with one attached hydrogen (secondary N) is 2. The van der Waals surface area contributed by atoms with E-state index in [0.717, 1.165) is 38.9 Å². The molecule has 0 spiro atoms. The van der Waals surface area contributed by atoms with Crippen molar-refractivity contribution in [3.8, 4) is 11.1 Å². The zero-order valence-corrected chi connectivity index (χ0v) is 29.8. The second-order valence-electron chi connectivity index (χ2n) is 13.0. The van der Waals surface area contributed by atoms with Gasteiger partial charge in [-0.1, -0.05) is 122 Å². The second kappa shape index (κ2) is 16.6. The number of hydrogen-bond acceptors (Lipinski definition) is 10. The zero-order valence-electron chi connectivity index (χ0n) is 29.0. The molecule has 0 aliphatic carbocycles. The maximum absolute atomic E-state index is 13.3. The minimum atomic E-state index is -0.996. The van der Waals surface area contributed by atoms with Crippen LogP contribution < -0.4 is 5.32 Å². The van der Waals surface area contributed by atoms with Gasteiger partial charge in [-0.3, -0.25) is 19.6 Å². The SMILES string of the molecule is CC1C(CSc2ncn[nH]2)OC(c2ccc(-c3ccccc3CN3C(=O)CC(NC(=O)OCc4ccccc4)C3=O)cc2)OC1c1ccc(CO)cc1. The molecular weight excluding hydrogens is 695 g/mol. The topological polar surface area (TPSA) is 156 Å². The molecule has 1 aromatic heterocycles. The average molecular weight is 734 g/mol. The van der Waals surface area contributed by atoms with Crippen LogP contribution in [0.2, 0.25) is 0 Å². The highest BCUT2D eigenvalue weighted by Crippen LogP contribution is 2.43. The minimum Gasteiger partial charge on any atom is -0.445 e. The number of aromatic nitrogens is 3. The normalized spacial score (nSPS) is 21.5. The van der Waals surface area contributed by atoms with Crippen molar-refractivity contribution in [2.75, 3.05) is 5.75 Å². The van der Waals surface area contributed by atoms with Gasteiger partial charge in [0.25, 0.3) is 5.91 Å². The molecule has 3 N–H and O–H groups in total. The number of alkyl carbamates (subject to hydrolysis) is 1. The van der Waals surface area contributed by atoms with Gasteiger partial charge in [0.1, 0.15) is 19.0 Å². The van der Waals surface area contributed by atoms with E-state index >= 15 is 0 Å². The van der Waals surface area contributed by atoms with Crippen molar-refractivity contribution in [1.29, 1.82) is 0 Å². The molecule has 0 bridgehead atoms. The molecule has 53 heavy (non-hydrogen) atoms. The number of thioether (sulfide) groups is 1. The minimum absolute atomic E-state index is 0.0125. The maximum atomic E-state index is 13.3. The van der Waals surface area contributed by atoms with Gasteiger partial charge in [-0.2, -0.15) is 5.10 Å². The van der Waals surface area contributed by atoms with Crippen LogP contribution in [0.5, 0.6) is 0 Å². The molecule has 0 saturated carbocycles. The number of H-pyrrole nitrogens is 1. The molecule has 3 amide bonds. The summed E-state index contributed by atoms with van der Waals surface area (Å²) in [6.07, 6.45) is -0.504.